The zero-order valence-corrected chi connectivity index (χ0v) is 13.7. The Morgan fingerprint density at radius 1 is 1.13 bits per heavy atom. The third-order valence-corrected chi connectivity index (χ3v) is 4.71. The molecule has 0 bridgehead atoms. The molecule has 23 heavy (non-hydrogen) atoms. The van der Waals surface area contributed by atoms with Crippen molar-refractivity contribution in [3.8, 4) is 0 Å². The van der Waals surface area contributed by atoms with Crippen LogP contribution in [0.1, 0.15) is 11.1 Å². The van der Waals surface area contributed by atoms with Gasteiger partial charge in [0.05, 0.1) is 11.5 Å². The Labute approximate surface area is 143 Å². The average Bonchev–Trinajstić information content (AvgIpc) is 2.90. The number of carbonyl (C=O) groups is 1. The van der Waals surface area contributed by atoms with E-state index in [1.165, 1.54) is 11.8 Å². The number of carbonyl (C=O) groups excluding carboxylic acids is 1. The van der Waals surface area contributed by atoms with Crippen molar-refractivity contribution in [1.82, 2.24) is 5.32 Å². The molecule has 1 fully saturated rings. The maximum Gasteiger partial charge on any atom is 0.239 e. The fourth-order valence-electron chi connectivity index (χ4n) is 2.14. The first-order valence-electron chi connectivity index (χ1n) is 7.09. The number of benzene rings is 2. The van der Waals surface area contributed by atoms with Crippen LogP contribution in [0.3, 0.4) is 0 Å². The molecule has 2 aromatic rings. The normalized spacial score (nSPS) is 19.4. The highest BCUT2D eigenvalue weighted by molar-refractivity contribution is 8.15. The first-order chi connectivity index (χ1) is 11.2. The van der Waals surface area contributed by atoms with Crippen molar-refractivity contribution in [1.29, 1.82) is 0 Å². The summed E-state index contributed by atoms with van der Waals surface area (Å²) in [6.07, 6.45) is 2.25. The number of thioether (sulfide) groups is 1. The molecule has 0 aliphatic carbocycles. The summed E-state index contributed by atoms with van der Waals surface area (Å²) in [5.74, 6) is -0.0365. The van der Waals surface area contributed by atoms with Crippen LogP contribution in [0.4, 0.5) is 0 Å². The molecular weight excluding hydrogens is 330 g/mol. The molecule has 1 unspecified atom stereocenters. The predicted octanol–water partition coefficient (Wildman–Crippen LogP) is 3.50. The number of nitrogens with one attached hydrogen (secondary N) is 1. The average molecular weight is 344 g/mol. The quantitative estimate of drug-likeness (QED) is 0.682. The van der Waals surface area contributed by atoms with E-state index in [-0.39, 0.29) is 11.2 Å². The van der Waals surface area contributed by atoms with E-state index in [0.29, 0.717) is 16.6 Å². The molecule has 0 radical (unpaired) electrons. The Morgan fingerprint density at radius 3 is 2.65 bits per heavy atom. The Morgan fingerprint density at radius 2 is 1.87 bits per heavy atom. The molecule has 6 heteroatoms. The maximum absolute atomic E-state index is 12.0. The summed E-state index contributed by atoms with van der Waals surface area (Å²) in [4.78, 5) is 12.0. The molecule has 116 valence electrons. The topological polar surface area (TPSA) is 53.8 Å². The second-order valence-corrected chi connectivity index (χ2v) is 6.56. The van der Waals surface area contributed by atoms with Crippen molar-refractivity contribution < 1.29 is 4.79 Å². The van der Waals surface area contributed by atoms with Crippen LogP contribution in [0.5, 0.6) is 0 Å². The smallest absolute Gasteiger partial charge is 0.239 e. The zero-order chi connectivity index (χ0) is 16.1. The van der Waals surface area contributed by atoms with Crippen LogP contribution in [0.25, 0.3) is 0 Å². The number of amides is 1. The van der Waals surface area contributed by atoms with Crippen molar-refractivity contribution in [3.05, 3.63) is 70.7 Å². The first kappa shape index (κ1) is 15.8. The molecule has 1 saturated heterocycles. The zero-order valence-electron chi connectivity index (χ0n) is 12.1. The Kier molecular flexibility index (Phi) is 5.10. The summed E-state index contributed by atoms with van der Waals surface area (Å²) in [7, 11) is 0. The van der Waals surface area contributed by atoms with Gasteiger partial charge in [-0.1, -0.05) is 71.9 Å². The van der Waals surface area contributed by atoms with Crippen molar-refractivity contribution in [3.63, 3.8) is 0 Å². The summed E-state index contributed by atoms with van der Waals surface area (Å²) in [5.41, 5.74) is 1.91. The third-order valence-electron chi connectivity index (χ3n) is 3.29. The molecule has 1 heterocycles. The van der Waals surface area contributed by atoms with Crippen LogP contribution in [0.15, 0.2) is 64.8 Å². The second kappa shape index (κ2) is 7.44. The van der Waals surface area contributed by atoms with Gasteiger partial charge in [0.25, 0.3) is 0 Å². The highest BCUT2D eigenvalue weighted by Gasteiger charge is 2.30. The third kappa shape index (κ3) is 4.21. The molecule has 3 rings (SSSR count). The summed E-state index contributed by atoms with van der Waals surface area (Å²) in [5, 5.41) is 11.8. The molecule has 0 aromatic heterocycles. The molecule has 4 nitrogen and oxygen atoms in total. The largest absolute Gasteiger partial charge is 0.303 e. The number of halogens is 1. The molecule has 1 aliphatic heterocycles. The minimum absolute atomic E-state index is 0.0365. The van der Waals surface area contributed by atoms with Gasteiger partial charge in [-0.15, -0.1) is 5.10 Å². The van der Waals surface area contributed by atoms with Crippen molar-refractivity contribution in [2.45, 2.75) is 11.7 Å². The standard InChI is InChI=1S/C17H14ClN3OS/c18-14-9-5-4-8-13(14)11-19-21-17-20-16(22)15(23-17)10-12-6-2-1-3-7-12/h1-9,11,15H,10H2,(H,20,21,22)/b19-11+. The minimum Gasteiger partial charge on any atom is -0.303 e. The van der Waals surface area contributed by atoms with Crippen LogP contribution >= 0.6 is 23.4 Å². The van der Waals surface area contributed by atoms with E-state index in [9.17, 15) is 4.79 Å². The number of amidine groups is 1. The van der Waals surface area contributed by atoms with Crippen LogP contribution in [0.2, 0.25) is 5.02 Å². The van der Waals surface area contributed by atoms with Gasteiger partial charge in [-0.05, 0) is 18.1 Å². The maximum atomic E-state index is 12.0. The SMILES string of the molecule is O=C1N/C(=N/N=C/c2ccccc2Cl)SC1Cc1ccccc1. The molecule has 0 spiro atoms. The van der Waals surface area contributed by atoms with Crippen molar-refractivity contribution in [2.75, 3.05) is 0 Å². The second-order valence-electron chi connectivity index (χ2n) is 4.96. The van der Waals surface area contributed by atoms with Crippen LogP contribution in [0, 0.1) is 0 Å². The van der Waals surface area contributed by atoms with E-state index in [0.717, 1.165) is 11.1 Å². The fourth-order valence-corrected chi connectivity index (χ4v) is 3.29. The van der Waals surface area contributed by atoms with E-state index < -0.39 is 0 Å². The van der Waals surface area contributed by atoms with E-state index in [1.807, 2.05) is 48.5 Å². The molecule has 2 aromatic carbocycles. The lowest BCUT2D eigenvalue weighted by atomic mass is 10.1. The molecular formula is C17H14ClN3OS. The highest BCUT2D eigenvalue weighted by atomic mass is 35.5. The van der Waals surface area contributed by atoms with E-state index in [4.69, 9.17) is 11.6 Å². The Bertz CT molecular complexity index is 761. The summed E-state index contributed by atoms with van der Waals surface area (Å²) < 4.78 is 0. The Balaban J connectivity index is 1.64. The molecule has 1 N–H and O–H groups in total. The monoisotopic (exact) mass is 343 g/mol. The minimum atomic E-state index is -0.174. The lowest BCUT2D eigenvalue weighted by Crippen LogP contribution is -2.25. The number of nitrogens with zero attached hydrogens (tertiary/aromatic N) is 2. The molecule has 1 amide bonds. The summed E-state index contributed by atoms with van der Waals surface area (Å²) in [6.45, 7) is 0. The van der Waals surface area contributed by atoms with Gasteiger partial charge >= 0.3 is 0 Å². The summed E-state index contributed by atoms with van der Waals surface area (Å²) in [6, 6.07) is 17.3. The highest BCUT2D eigenvalue weighted by Crippen LogP contribution is 2.23. The van der Waals surface area contributed by atoms with Gasteiger partial charge in [-0.3, -0.25) is 4.79 Å². The first-order valence-corrected chi connectivity index (χ1v) is 8.35. The Hall–Kier alpha value is -2.11. The van der Waals surface area contributed by atoms with Crippen LogP contribution in [-0.2, 0) is 11.2 Å². The number of hydrogen-bond donors (Lipinski definition) is 1. The van der Waals surface area contributed by atoms with Gasteiger partial charge in [0.1, 0.15) is 0 Å². The number of hydrogen-bond acceptors (Lipinski definition) is 4. The van der Waals surface area contributed by atoms with Gasteiger partial charge in [-0.25, -0.2) is 0 Å². The molecule has 1 aliphatic rings. The van der Waals surface area contributed by atoms with E-state index in [2.05, 4.69) is 15.5 Å². The van der Waals surface area contributed by atoms with E-state index >= 15 is 0 Å². The van der Waals surface area contributed by atoms with Crippen molar-refractivity contribution >= 4 is 40.7 Å². The summed E-state index contributed by atoms with van der Waals surface area (Å²) >= 11 is 7.44. The van der Waals surface area contributed by atoms with Gasteiger partial charge in [0.2, 0.25) is 5.91 Å². The molecule has 1 atom stereocenters. The van der Waals surface area contributed by atoms with Gasteiger partial charge in [0, 0.05) is 10.6 Å². The lowest BCUT2D eigenvalue weighted by molar-refractivity contribution is -0.118. The van der Waals surface area contributed by atoms with Gasteiger partial charge < -0.3 is 5.32 Å². The lowest BCUT2D eigenvalue weighted by Gasteiger charge is -2.04. The number of rotatable bonds is 4. The fraction of sp³-hybridized carbons (Fsp3) is 0.118. The van der Waals surface area contributed by atoms with Gasteiger partial charge in [-0.2, -0.15) is 5.10 Å². The van der Waals surface area contributed by atoms with E-state index in [1.54, 1.807) is 12.3 Å². The van der Waals surface area contributed by atoms with Crippen LogP contribution < -0.4 is 5.32 Å². The van der Waals surface area contributed by atoms with Crippen molar-refractivity contribution in [2.24, 2.45) is 10.2 Å². The van der Waals surface area contributed by atoms with Crippen LogP contribution in [-0.4, -0.2) is 22.5 Å². The predicted molar refractivity (Wildman–Crippen MR) is 96.1 cm³/mol. The van der Waals surface area contributed by atoms with Gasteiger partial charge in [0.15, 0.2) is 5.17 Å². The molecule has 0 saturated carbocycles.